The number of carbonyl (C=O) groups excluding carboxylic acids is 1. The zero-order valence-corrected chi connectivity index (χ0v) is 13.9. The van der Waals surface area contributed by atoms with Crippen LogP contribution in [0.15, 0.2) is 65.7 Å². The van der Waals surface area contributed by atoms with Crippen molar-refractivity contribution in [3.63, 3.8) is 0 Å². The Labute approximate surface area is 150 Å². The predicted molar refractivity (Wildman–Crippen MR) is 105 cm³/mol. The maximum atomic E-state index is 12.4. The van der Waals surface area contributed by atoms with E-state index in [1.54, 1.807) is 36.4 Å². The summed E-state index contributed by atoms with van der Waals surface area (Å²) in [5.74, 6) is -0.249. The Kier molecular flexibility index (Phi) is 4.53. The van der Waals surface area contributed by atoms with Gasteiger partial charge in [0, 0.05) is 16.8 Å². The van der Waals surface area contributed by atoms with Crippen molar-refractivity contribution in [1.29, 1.82) is 5.41 Å². The third kappa shape index (κ3) is 3.78. The van der Waals surface area contributed by atoms with E-state index in [2.05, 4.69) is 10.3 Å². The molecular formula is C19H18N6O. The molecule has 0 aromatic heterocycles. The summed E-state index contributed by atoms with van der Waals surface area (Å²) in [7, 11) is 0. The van der Waals surface area contributed by atoms with Gasteiger partial charge in [-0.15, -0.1) is 0 Å². The number of aliphatic imine (C=N–C) groups is 1. The summed E-state index contributed by atoms with van der Waals surface area (Å²) in [4.78, 5) is 16.3. The quantitative estimate of drug-likeness (QED) is 0.364. The van der Waals surface area contributed by atoms with Crippen LogP contribution in [0.4, 0.5) is 11.4 Å². The molecule has 0 fully saturated rings. The molecule has 3 aromatic rings. The molecule has 0 aliphatic rings. The number of carbonyl (C=O) groups is 1. The zero-order chi connectivity index (χ0) is 18.7. The summed E-state index contributed by atoms with van der Waals surface area (Å²) >= 11 is 0. The van der Waals surface area contributed by atoms with E-state index in [9.17, 15) is 4.79 Å². The van der Waals surface area contributed by atoms with Gasteiger partial charge in [0.2, 0.25) is 0 Å². The molecule has 0 atom stereocenters. The molecular weight excluding hydrogens is 328 g/mol. The van der Waals surface area contributed by atoms with Crippen LogP contribution >= 0.6 is 0 Å². The molecule has 0 aliphatic heterocycles. The monoisotopic (exact) mass is 346 g/mol. The smallest absolute Gasteiger partial charge is 0.255 e. The van der Waals surface area contributed by atoms with E-state index in [1.165, 1.54) is 0 Å². The lowest BCUT2D eigenvalue weighted by Gasteiger charge is -2.08. The van der Waals surface area contributed by atoms with Gasteiger partial charge in [-0.25, -0.2) is 4.99 Å². The van der Waals surface area contributed by atoms with Crippen molar-refractivity contribution < 1.29 is 4.79 Å². The number of hydrogen-bond donors (Lipinski definition) is 5. The number of guanidine groups is 1. The number of nitrogens with zero attached hydrogens (tertiary/aromatic N) is 1. The van der Waals surface area contributed by atoms with E-state index in [4.69, 9.17) is 22.6 Å². The molecule has 0 saturated carbocycles. The minimum atomic E-state index is -0.235. The molecule has 3 aromatic carbocycles. The molecule has 0 radical (unpaired) electrons. The molecule has 3 rings (SSSR count). The topological polar surface area (TPSA) is 143 Å². The molecule has 7 nitrogen and oxygen atoms in total. The summed E-state index contributed by atoms with van der Waals surface area (Å²) in [5.41, 5.74) is 18.6. The van der Waals surface area contributed by atoms with Crippen molar-refractivity contribution >= 4 is 39.8 Å². The highest BCUT2D eigenvalue weighted by Gasteiger charge is 2.07. The number of benzene rings is 3. The van der Waals surface area contributed by atoms with Gasteiger partial charge in [0.25, 0.3) is 5.91 Å². The highest BCUT2D eigenvalue weighted by Crippen LogP contribution is 2.21. The van der Waals surface area contributed by atoms with Gasteiger partial charge in [-0.2, -0.15) is 0 Å². The van der Waals surface area contributed by atoms with Gasteiger partial charge in [0.15, 0.2) is 5.96 Å². The lowest BCUT2D eigenvalue weighted by Crippen LogP contribution is -2.21. The van der Waals surface area contributed by atoms with Gasteiger partial charge >= 0.3 is 0 Å². The van der Waals surface area contributed by atoms with Crippen LogP contribution < -0.4 is 22.5 Å². The Bertz CT molecular complexity index is 1020. The normalized spacial score (nSPS) is 10.3. The number of rotatable bonds is 4. The summed E-state index contributed by atoms with van der Waals surface area (Å²) in [6.07, 6.45) is 0. The first-order valence-corrected chi connectivity index (χ1v) is 7.81. The second-order valence-electron chi connectivity index (χ2n) is 5.73. The van der Waals surface area contributed by atoms with Crippen LogP contribution in [-0.2, 0) is 0 Å². The fourth-order valence-electron chi connectivity index (χ4n) is 2.53. The Morgan fingerprint density at radius 1 is 0.846 bits per heavy atom. The predicted octanol–water partition coefficient (Wildman–Crippen LogP) is 2.28. The summed E-state index contributed by atoms with van der Waals surface area (Å²) < 4.78 is 0. The van der Waals surface area contributed by atoms with Crippen LogP contribution in [0.3, 0.4) is 0 Å². The third-order valence-electron chi connectivity index (χ3n) is 3.80. The summed E-state index contributed by atoms with van der Waals surface area (Å²) in [6, 6.07) is 17.7. The maximum Gasteiger partial charge on any atom is 0.255 e. The fourth-order valence-corrected chi connectivity index (χ4v) is 2.53. The fraction of sp³-hybridized carbons (Fsp3) is 0. The number of amidine groups is 1. The van der Waals surface area contributed by atoms with Gasteiger partial charge in [0.05, 0.1) is 5.69 Å². The second kappa shape index (κ2) is 6.94. The van der Waals surface area contributed by atoms with Crippen molar-refractivity contribution in [3.8, 4) is 0 Å². The molecule has 0 saturated heterocycles. The first-order chi connectivity index (χ1) is 12.4. The van der Waals surface area contributed by atoms with E-state index < -0.39 is 0 Å². The van der Waals surface area contributed by atoms with Gasteiger partial charge in [-0.1, -0.05) is 18.2 Å². The molecule has 0 unspecified atom stereocenters. The summed E-state index contributed by atoms with van der Waals surface area (Å²) in [5, 5.41) is 12.2. The molecule has 0 heterocycles. The number of nitrogen functional groups attached to an aromatic ring is 1. The Balaban J connectivity index is 1.79. The number of hydrogen-bond acceptors (Lipinski definition) is 3. The molecule has 0 aliphatic carbocycles. The van der Waals surface area contributed by atoms with E-state index in [-0.39, 0.29) is 17.7 Å². The van der Waals surface area contributed by atoms with Crippen molar-refractivity contribution in [2.75, 3.05) is 5.32 Å². The minimum Gasteiger partial charge on any atom is -0.384 e. The van der Waals surface area contributed by atoms with Crippen LogP contribution in [0, 0.1) is 5.41 Å². The number of fused-ring (bicyclic) bond motifs is 1. The second-order valence-corrected chi connectivity index (χ2v) is 5.73. The third-order valence-corrected chi connectivity index (χ3v) is 3.80. The molecule has 0 bridgehead atoms. The van der Waals surface area contributed by atoms with E-state index in [1.807, 2.05) is 24.3 Å². The molecule has 26 heavy (non-hydrogen) atoms. The van der Waals surface area contributed by atoms with Gasteiger partial charge in [-0.05, 0) is 53.2 Å². The standard InChI is InChI=1S/C19H18N6O/c20-17(21)14-2-1-13-10-16(8-5-12(13)9-14)24-18(26)11-3-6-15(7-4-11)25-19(22)23/h1-10H,(H3,20,21)(H,24,26)(H4,22,23,25). The SMILES string of the molecule is N=C(N)c1ccc2cc(NC(=O)c3ccc(N=C(N)N)cc3)ccc2c1. The van der Waals surface area contributed by atoms with Crippen LogP contribution in [0.2, 0.25) is 0 Å². The van der Waals surface area contributed by atoms with Crippen LogP contribution in [0.1, 0.15) is 15.9 Å². The van der Waals surface area contributed by atoms with Gasteiger partial charge in [-0.3, -0.25) is 10.2 Å². The minimum absolute atomic E-state index is 0.0217. The molecule has 0 spiro atoms. The number of nitrogens with two attached hydrogens (primary N) is 3. The van der Waals surface area contributed by atoms with Gasteiger partial charge in [0.1, 0.15) is 5.84 Å². The average Bonchev–Trinajstić information content (AvgIpc) is 2.61. The Morgan fingerprint density at radius 2 is 1.46 bits per heavy atom. The van der Waals surface area contributed by atoms with Crippen LogP contribution in [-0.4, -0.2) is 17.7 Å². The van der Waals surface area contributed by atoms with E-state index in [0.717, 1.165) is 10.8 Å². The lowest BCUT2D eigenvalue weighted by atomic mass is 10.1. The summed E-state index contributed by atoms with van der Waals surface area (Å²) in [6.45, 7) is 0. The first-order valence-electron chi connectivity index (χ1n) is 7.81. The molecule has 7 heteroatoms. The zero-order valence-electron chi connectivity index (χ0n) is 13.9. The lowest BCUT2D eigenvalue weighted by molar-refractivity contribution is 0.102. The molecule has 1 amide bonds. The largest absolute Gasteiger partial charge is 0.384 e. The molecule has 130 valence electrons. The van der Waals surface area contributed by atoms with E-state index >= 15 is 0 Å². The van der Waals surface area contributed by atoms with Crippen molar-refractivity contribution in [1.82, 2.24) is 0 Å². The molecule has 8 N–H and O–H groups in total. The maximum absolute atomic E-state index is 12.4. The Hall–Kier alpha value is -3.87. The highest BCUT2D eigenvalue weighted by molar-refractivity contribution is 6.06. The number of amides is 1. The number of nitrogens with one attached hydrogen (secondary N) is 2. The van der Waals surface area contributed by atoms with Crippen molar-refractivity contribution in [3.05, 3.63) is 71.8 Å². The average molecular weight is 346 g/mol. The number of anilines is 1. The van der Waals surface area contributed by atoms with Crippen LogP contribution in [0.5, 0.6) is 0 Å². The van der Waals surface area contributed by atoms with Crippen LogP contribution in [0.25, 0.3) is 10.8 Å². The Morgan fingerprint density at radius 3 is 2.12 bits per heavy atom. The first kappa shape index (κ1) is 17.0. The van der Waals surface area contributed by atoms with Crippen molar-refractivity contribution in [2.45, 2.75) is 0 Å². The van der Waals surface area contributed by atoms with Crippen molar-refractivity contribution in [2.24, 2.45) is 22.2 Å². The highest BCUT2D eigenvalue weighted by atomic mass is 16.1. The van der Waals surface area contributed by atoms with E-state index in [0.29, 0.717) is 22.5 Å². The van der Waals surface area contributed by atoms with Gasteiger partial charge < -0.3 is 22.5 Å².